The molecule has 140 valence electrons. The molecule has 0 radical (unpaired) electrons. The summed E-state index contributed by atoms with van der Waals surface area (Å²) in [6, 6.07) is 3.95. The first kappa shape index (κ1) is 18.6. The zero-order valence-corrected chi connectivity index (χ0v) is 16.5. The maximum absolute atomic E-state index is 5.67. The molecule has 0 unspecified atom stereocenters. The highest BCUT2D eigenvalue weighted by Gasteiger charge is 2.22. The Hall–Kier alpha value is -2.15. The number of aliphatic imine (C=N–C) groups is 1. The van der Waals surface area contributed by atoms with E-state index in [1.165, 1.54) is 17.7 Å². The van der Waals surface area contributed by atoms with Crippen LogP contribution in [0.5, 0.6) is 5.88 Å². The van der Waals surface area contributed by atoms with E-state index in [1.807, 2.05) is 25.3 Å². The van der Waals surface area contributed by atoms with Crippen LogP contribution in [0.1, 0.15) is 40.9 Å². The van der Waals surface area contributed by atoms with Gasteiger partial charge in [0.1, 0.15) is 5.01 Å². The lowest BCUT2D eigenvalue weighted by Crippen LogP contribution is -2.36. The van der Waals surface area contributed by atoms with Crippen molar-refractivity contribution < 1.29 is 4.74 Å². The highest BCUT2D eigenvalue weighted by Crippen LogP contribution is 2.29. The minimum Gasteiger partial charge on any atom is -0.477 e. The number of nitrogens with one attached hydrogen (secondary N) is 2. The summed E-state index contributed by atoms with van der Waals surface area (Å²) in [4.78, 5) is 14.8. The Bertz CT molecular complexity index is 717. The highest BCUT2D eigenvalue weighted by atomic mass is 32.1. The second kappa shape index (κ2) is 8.98. The molecule has 0 bridgehead atoms. The van der Waals surface area contributed by atoms with Crippen LogP contribution in [0.25, 0.3) is 0 Å². The fraction of sp³-hybridized carbons (Fsp3) is 0.526. The molecule has 1 aliphatic carbocycles. The maximum atomic E-state index is 5.67. The molecular formula is C19H27N5OS. The van der Waals surface area contributed by atoms with E-state index in [2.05, 4.69) is 39.4 Å². The third-order valence-electron chi connectivity index (χ3n) is 4.21. The van der Waals surface area contributed by atoms with Crippen LogP contribution in [0.2, 0.25) is 0 Å². The summed E-state index contributed by atoms with van der Waals surface area (Å²) >= 11 is 1.72. The molecule has 2 heterocycles. The van der Waals surface area contributed by atoms with Crippen LogP contribution in [0.15, 0.2) is 23.3 Å². The number of hydrogen-bond donors (Lipinski definition) is 2. The average Bonchev–Trinajstić information content (AvgIpc) is 3.41. The maximum Gasteiger partial charge on any atom is 0.213 e. The van der Waals surface area contributed by atoms with Crippen LogP contribution in [-0.2, 0) is 13.1 Å². The normalized spacial score (nSPS) is 14.3. The van der Waals surface area contributed by atoms with Gasteiger partial charge in [0.2, 0.25) is 5.88 Å². The quantitative estimate of drug-likeness (QED) is 0.549. The van der Waals surface area contributed by atoms with Gasteiger partial charge in [0, 0.05) is 23.7 Å². The van der Waals surface area contributed by atoms with Crippen LogP contribution in [0, 0.1) is 19.8 Å². The molecule has 7 heteroatoms. The van der Waals surface area contributed by atoms with E-state index < -0.39 is 0 Å². The average molecular weight is 374 g/mol. The van der Waals surface area contributed by atoms with Crippen molar-refractivity contribution in [3.8, 4) is 5.88 Å². The minimum absolute atomic E-state index is 0.571. The summed E-state index contributed by atoms with van der Waals surface area (Å²) in [6.07, 6.45) is 4.41. The van der Waals surface area contributed by atoms with Gasteiger partial charge in [-0.15, -0.1) is 11.3 Å². The predicted octanol–water partition coefficient (Wildman–Crippen LogP) is 3.20. The van der Waals surface area contributed by atoms with Crippen molar-refractivity contribution in [2.24, 2.45) is 10.9 Å². The zero-order valence-electron chi connectivity index (χ0n) is 15.7. The number of aromatic nitrogens is 2. The Morgan fingerprint density at radius 1 is 1.31 bits per heavy atom. The number of thiazole rings is 1. The summed E-state index contributed by atoms with van der Waals surface area (Å²) in [5.41, 5.74) is 2.16. The summed E-state index contributed by atoms with van der Waals surface area (Å²) < 4.78 is 5.67. The van der Waals surface area contributed by atoms with E-state index in [0.717, 1.165) is 41.3 Å². The Labute approximate surface area is 159 Å². The van der Waals surface area contributed by atoms with Crippen molar-refractivity contribution >= 4 is 17.3 Å². The fourth-order valence-electron chi connectivity index (χ4n) is 2.36. The topological polar surface area (TPSA) is 71.4 Å². The third-order valence-corrected chi connectivity index (χ3v) is 5.28. The number of guanidine groups is 1. The van der Waals surface area contributed by atoms with Crippen LogP contribution >= 0.6 is 11.3 Å². The summed E-state index contributed by atoms with van der Waals surface area (Å²) in [5.74, 6) is 2.22. The molecule has 1 fully saturated rings. The van der Waals surface area contributed by atoms with Crippen molar-refractivity contribution in [3.05, 3.63) is 39.5 Å². The molecule has 0 aromatic carbocycles. The number of nitrogens with zero attached hydrogens (tertiary/aromatic N) is 3. The molecule has 0 spiro atoms. The van der Waals surface area contributed by atoms with Crippen LogP contribution in [0.4, 0.5) is 0 Å². The molecule has 0 aliphatic heterocycles. The molecule has 3 rings (SSSR count). The molecule has 2 N–H and O–H groups in total. The molecule has 0 atom stereocenters. The van der Waals surface area contributed by atoms with Gasteiger partial charge in [0.25, 0.3) is 0 Å². The van der Waals surface area contributed by atoms with Gasteiger partial charge in [-0.25, -0.2) is 15.0 Å². The molecule has 0 saturated heterocycles. The summed E-state index contributed by atoms with van der Waals surface area (Å²) in [7, 11) is 0. The fourth-order valence-corrected chi connectivity index (χ4v) is 3.24. The van der Waals surface area contributed by atoms with Crippen molar-refractivity contribution in [2.45, 2.75) is 46.7 Å². The van der Waals surface area contributed by atoms with Gasteiger partial charge < -0.3 is 15.4 Å². The van der Waals surface area contributed by atoms with Crippen molar-refractivity contribution in [1.29, 1.82) is 0 Å². The van der Waals surface area contributed by atoms with Gasteiger partial charge in [-0.05, 0) is 45.1 Å². The monoisotopic (exact) mass is 373 g/mol. The Morgan fingerprint density at radius 2 is 2.15 bits per heavy atom. The van der Waals surface area contributed by atoms with Gasteiger partial charge in [-0.3, -0.25) is 0 Å². The Balaban J connectivity index is 1.52. The van der Waals surface area contributed by atoms with Crippen LogP contribution in [0.3, 0.4) is 0 Å². The molecule has 2 aromatic heterocycles. The first-order valence-electron chi connectivity index (χ1n) is 9.17. The molecule has 2 aromatic rings. The molecular weight excluding hydrogens is 346 g/mol. The summed E-state index contributed by atoms with van der Waals surface area (Å²) in [5, 5.41) is 7.68. The molecule has 1 aliphatic rings. The van der Waals surface area contributed by atoms with Crippen molar-refractivity contribution in [1.82, 2.24) is 20.6 Å². The molecule has 6 nitrogen and oxygen atoms in total. The standard InChI is InChI=1S/C19H27N5OS/c1-4-20-19(23-11-18-24-13(2)14(3)26-18)22-10-16-7-8-17(21-9-16)25-12-15-5-6-15/h7-9,15H,4-6,10-12H2,1-3H3,(H2,20,22,23). The van der Waals surface area contributed by atoms with E-state index in [9.17, 15) is 0 Å². The van der Waals surface area contributed by atoms with Crippen LogP contribution in [-0.4, -0.2) is 29.1 Å². The second-order valence-electron chi connectivity index (χ2n) is 6.56. The lowest BCUT2D eigenvalue weighted by Gasteiger charge is -2.10. The second-order valence-corrected chi connectivity index (χ2v) is 7.84. The van der Waals surface area contributed by atoms with E-state index in [4.69, 9.17) is 4.74 Å². The zero-order chi connectivity index (χ0) is 18.4. The van der Waals surface area contributed by atoms with E-state index in [1.54, 1.807) is 11.3 Å². The van der Waals surface area contributed by atoms with Gasteiger partial charge >= 0.3 is 0 Å². The van der Waals surface area contributed by atoms with E-state index in [0.29, 0.717) is 19.0 Å². The number of aryl methyl sites for hydroxylation is 2. The number of rotatable bonds is 8. The van der Waals surface area contributed by atoms with E-state index in [-0.39, 0.29) is 0 Å². The number of hydrogen-bond acceptors (Lipinski definition) is 5. The van der Waals surface area contributed by atoms with Gasteiger partial charge in [0.15, 0.2) is 5.96 Å². The lowest BCUT2D eigenvalue weighted by molar-refractivity contribution is 0.288. The molecule has 26 heavy (non-hydrogen) atoms. The van der Waals surface area contributed by atoms with Gasteiger partial charge in [0.05, 0.1) is 25.4 Å². The Morgan fingerprint density at radius 3 is 2.77 bits per heavy atom. The van der Waals surface area contributed by atoms with Crippen molar-refractivity contribution in [3.63, 3.8) is 0 Å². The number of ether oxygens (including phenoxy) is 1. The van der Waals surface area contributed by atoms with Gasteiger partial charge in [-0.1, -0.05) is 6.07 Å². The van der Waals surface area contributed by atoms with Crippen LogP contribution < -0.4 is 15.4 Å². The first-order chi connectivity index (χ1) is 12.6. The first-order valence-corrected chi connectivity index (χ1v) is 9.98. The smallest absolute Gasteiger partial charge is 0.213 e. The van der Waals surface area contributed by atoms with Crippen molar-refractivity contribution in [2.75, 3.05) is 13.2 Å². The summed E-state index contributed by atoms with van der Waals surface area (Å²) in [6.45, 7) is 9.05. The third kappa shape index (κ3) is 5.69. The highest BCUT2D eigenvalue weighted by molar-refractivity contribution is 7.11. The van der Waals surface area contributed by atoms with Gasteiger partial charge in [-0.2, -0.15) is 0 Å². The Kier molecular flexibility index (Phi) is 6.44. The SMILES string of the molecule is CCNC(=NCc1ccc(OCC2CC2)nc1)NCc1nc(C)c(C)s1. The number of pyridine rings is 1. The largest absolute Gasteiger partial charge is 0.477 e. The molecule has 1 saturated carbocycles. The predicted molar refractivity (Wildman–Crippen MR) is 106 cm³/mol. The van der Waals surface area contributed by atoms with E-state index >= 15 is 0 Å². The lowest BCUT2D eigenvalue weighted by atomic mass is 10.3. The minimum atomic E-state index is 0.571. The molecule has 0 amide bonds.